The number of Topliss-reactive ketones (excluding diaryl/α,β-unsaturated/α-hetero) is 1. The van der Waals surface area contributed by atoms with Gasteiger partial charge in [-0.1, -0.05) is 30.3 Å². The van der Waals surface area contributed by atoms with Crippen LogP contribution in [0.2, 0.25) is 0 Å². The van der Waals surface area contributed by atoms with Crippen LogP contribution in [0.5, 0.6) is 0 Å². The highest BCUT2D eigenvalue weighted by Gasteiger charge is 2.38. The molecular formula is C14H11F3OS. The van der Waals surface area contributed by atoms with Crippen molar-refractivity contribution in [1.82, 2.24) is 0 Å². The maximum absolute atomic E-state index is 13.0. The molecule has 0 amide bonds. The summed E-state index contributed by atoms with van der Waals surface area (Å²) in [6, 6.07) is 8.32. The minimum atomic E-state index is -4.39. The molecule has 0 aliphatic carbocycles. The highest BCUT2D eigenvalue weighted by molar-refractivity contribution is 8.03. The van der Waals surface area contributed by atoms with Crippen LogP contribution in [-0.4, -0.2) is 17.7 Å². The highest BCUT2D eigenvalue weighted by atomic mass is 32.2. The first kappa shape index (κ1) is 13.9. The molecule has 0 saturated carbocycles. The third kappa shape index (κ3) is 3.10. The lowest BCUT2D eigenvalue weighted by molar-refractivity contribution is -0.113. The van der Waals surface area contributed by atoms with Gasteiger partial charge in [-0.15, -0.1) is 11.8 Å². The van der Waals surface area contributed by atoms with Gasteiger partial charge in [0.25, 0.3) is 0 Å². The average Bonchev–Trinajstić information content (AvgIpc) is 2.38. The largest absolute Gasteiger partial charge is 0.422 e. The molecule has 5 heteroatoms. The monoisotopic (exact) mass is 284 g/mol. The van der Waals surface area contributed by atoms with E-state index >= 15 is 0 Å². The summed E-state index contributed by atoms with van der Waals surface area (Å²) in [4.78, 5) is 10.7. The van der Waals surface area contributed by atoms with Crippen LogP contribution in [0.4, 0.5) is 13.2 Å². The molecule has 0 bridgehead atoms. The number of carbonyl (C=O) groups is 1. The highest BCUT2D eigenvalue weighted by Crippen LogP contribution is 2.44. The minimum absolute atomic E-state index is 0.0700. The van der Waals surface area contributed by atoms with Crippen LogP contribution < -0.4 is 0 Å². The number of alkyl halides is 3. The zero-order chi connectivity index (χ0) is 14.0. The van der Waals surface area contributed by atoms with Gasteiger partial charge in [-0.3, -0.25) is 4.79 Å². The van der Waals surface area contributed by atoms with Crippen molar-refractivity contribution in [2.24, 2.45) is 0 Å². The summed E-state index contributed by atoms with van der Waals surface area (Å²) in [7, 11) is 0. The number of benzene rings is 1. The van der Waals surface area contributed by atoms with Gasteiger partial charge < -0.3 is 0 Å². The molecule has 1 aliphatic rings. The molecule has 0 unspecified atom stereocenters. The number of allylic oxidation sites excluding steroid dienone is 3. The fraction of sp³-hybridized carbons (Fsp3) is 0.214. The smallest absolute Gasteiger partial charge is 0.295 e. The Hall–Kier alpha value is -1.49. The lowest BCUT2D eigenvalue weighted by Gasteiger charge is -2.21. The second-order valence-corrected chi connectivity index (χ2v) is 5.11. The molecule has 0 atom stereocenters. The molecule has 0 fully saturated rings. The van der Waals surface area contributed by atoms with Crippen molar-refractivity contribution in [3.05, 3.63) is 52.4 Å². The van der Waals surface area contributed by atoms with Crippen molar-refractivity contribution in [1.29, 1.82) is 0 Å². The first-order chi connectivity index (χ1) is 8.89. The summed E-state index contributed by atoms with van der Waals surface area (Å²) in [5.74, 6) is -0.122. The second kappa shape index (κ2) is 5.25. The minimum Gasteiger partial charge on any atom is -0.295 e. The van der Waals surface area contributed by atoms with Crippen molar-refractivity contribution in [2.75, 3.05) is 5.75 Å². The summed E-state index contributed by atoms with van der Waals surface area (Å²) in [5, 5.41) is 0. The molecule has 1 heterocycles. The fourth-order valence-corrected chi connectivity index (χ4v) is 2.86. The van der Waals surface area contributed by atoms with E-state index in [1.165, 1.54) is 13.0 Å². The van der Waals surface area contributed by atoms with E-state index in [4.69, 9.17) is 0 Å². The normalized spacial score (nSPS) is 16.3. The number of ketones is 1. The Balaban J connectivity index is 2.58. The van der Waals surface area contributed by atoms with Crippen molar-refractivity contribution < 1.29 is 18.0 Å². The number of thioether (sulfide) groups is 1. The van der Waals surface area contributed by atoms with Gasteiger partial charge in [0, 0.05) is 16.9 Å². The molecular weight excluding hydrogens is 273 g/mol. The second-order valence-electron chi connectivity index (χ2n) is 4.12. The number of carbonyl (C=O) groups excluding carboxylic acids is 1. The molecule has 0 N–H and O–H groups in total. The van der Waals surface area contributed by atoms with E-state index in [0.29, 0.717) is 22.9 Å². The molecule has 0 aromatic heterocycles. The van der Waals surface area contributed by atoms with E-state index in [1.54, 1.807) is 30.3 Å². The van der Waals surface area contributed by atoms with Crippen molar-refractivity contribution in [3.8, 4) is 0 Å². The van der Waals surface area contributed by atoms with E-state index in [0.717, 1.165) is 0 Å². The third-order valence-electron chi connectivity index (χ3n) is 2.73. The molecule has 0 radical (unpaired) electrons. The van der Waals surface area contributed by atoms with Crippen LogP contribution >= 0.6 is 11.8 Å². The lowest BCUT2D eigenvalue weighted by atomic mass is 10.0. The summed E-state index contributed by atoms with van der Waals surface area (Å²) in [5.41, 5.74) is 0.965. The van der Waals surface area contributed by atoms with Crippen LogP contribution in [0.3, 0.4) is 0 Å². The summed E-state index contributed by atoms with van der Waals surface area (Å²) in [6.07, 6.45) is -3.04. The Morgan fingerprint density at radius 2 is 1.84 bits per heavy atom. The molecule has 19 heavy (non-hydrogen) atoms. The molecule has 1 aromatic carbocycles. The van der Waals surface area contributed by atoms with E-state index in [-0.39, 0.29) is 17.1 Å². The number of rotatable bonds is 2. The van der Waals surface area contributed by atoms with Crippen LogP contribution in [0.1, 0.15) is 12.5 Å². The first-order valence-corrected chi connectivity index (χ1v) is 6.59. The van der Waals surface area contributed by atoms with Gasteiger partial charge in [-0.25, -0.2) is 0 Å². The topological polar surface area (TPSA) is 17.1 Å². The van der Waals surface area contributed by atoms with E-state index in [1.807, 2.05) is 0 Å². The van der Waals surface area contributed by atoms with Gasteiger partial charge in [0.05, 0.1) is 4.91 Å². The molecule has 1 nitrogen and oxygen atoms in total. The number of hydrogen-bond donors (Lipinski definition) is 0. The average molecular weight is 284 g/mol. The van der Waals surface area contributed by atoms with Gasteiger partial charge >= 0.3 is 6.18 Å². The van der Waals surface area contributed by atoms with Crippen LogP contribution in [0, 0.1) is 0 Å². The quantitative estimate of drug-likeness (QED) is 0.808. The summed E-state index contributed by atoms with van der Waals surface area (Å²) >= 11 is 0.675. The van der Waals surface area contributed by atoms with Crippen LogP contribution in [-0.2, 0) is 4.79 Å². The van der Waals surface area contributed by atoms with Gasteiger partial charge in [0.15, 0.2) is 5.78 Å². The van der Waals surface area contributed by atoms with Gasteiger partial charge in [0.2, 0.25) is 0 Å². The summed E-state index contributed by atoms with van der Waals surface area (Å²) < 4.78 is 39.0. The maximum Gasteiger partial charge on any atom is 0.422 e. The van der Waals surface area contributed by atoms with E-state index in [9.17, 15) is 18.0 Å². The molecule has 100 valence electrons. The Kier molecular flexibility index (Phi) is 3.85. The standard InChI is InChI=1S/C14H11F3OS/c1-9(18)11-7-12(10-5-3-2-4-6-10)13(19-8-11)14(15,16)17/h2-7H,8H2,1H3. The lowest BCUT2D eigenvalue weighted by Crippen LogP contribution is -2.16. The Morgan fingerprint density at radius 1 is 1.21 bits per heavy atom. The maximum atomic E-state index is 13.0. The Morgan fingerprint density at radius 3 is 2.37 bits per heavy atom. The fourth-order valence-electron chi connectivity index (χ4n) is 1.78. The molecule has 0 saturated heterocycles. The van der Waals surface area contributed by atoms with E-state index in [2.05, 4.69) is 0 Å². The summed E-state index contributed by atoms with van der Waals surface area (Å²) in [6.45, 7) is 1.37. The zero-order valence-electron chi connectivity index (χ0n) is 10.1. The SMILES string of the molecule is CC(=O)C1=CC(c2ccccc2)=C(C(F)(F)F)SC1. The van der Waals surface area contributed by atoms with Gasteiger partial charge in [-0.2, -0.15) is 13.2 Å². The predicted octanol–water partition coefficient (Wildman–Crippen LogP) is 4.22. The van der Waals surface area contributed by atoms with Gasteiger partial charge in [-0.05, 0) is 18.6 Å². The zero-order valence-corrected chi connectivity index (χ0v) is 10.9. The molecule has 2 rings (SSSR count). The molecule has 0 spiro atoms. The Bertz CT molecular complexity index is 556. The first-order valence-electron chi connectivity index (χ1n) is 5.61. The molecule has 1 aromatic rings. The van der Waals surface area contributed by atoms with Crippen molar-refractivity contribution in [3.63, 3.8) is 0 Å². The predicted molar refractivity (Wildman–Crippen MR) is 70.6 cm³/mol. The molecule has 1 aliphatic heterocycles. The Labute approximate surface area is 113 Å². The van der Waals surface area contributed by atoms with Crippen molar-refractivity contribution in [2.45, 2.75) is 13.1 Å². The number of hydrogen-bond acceptors (Lipinski definition) is 2. The van der Waals surface area contributed by atoms with E-state index < -0.39 is 11.1 Å². The number of halogens is 3. The van der Waals surface area contributed by atoms with Crippen molar-refractivity contribution >= 4 is 23.1 Å². The van der Waals surface area contributed by atoms with Crippen LogP contribution in [0.15, 0.2) is 46.9 Å². The third-order valence-corrected chi connectivity index (χ3v) is 3.93. The van der Waals surface area contributed by atoms with Gasteiger partial charge in [0.1, 0.15) is 0 Å². The van der Waals surface area contributed by atoms with Crippen LogP contribution in [0.25, 0.3) is 5.57 Å².